The SMILES string of the molecule is Cc1cn(-c2cccc3[nH]c(-c4n[nH]c5ccc(-c6cnccn6)nc45)nc23)cn1. The summed E-state index contributed by atoms with van der Waals surface area (Å²) in [6.45, 7) is 1.96. The third kappa shape index (κ3) is 2.56. The first-order valence-electron chi connectivity index (χ1n) is 9.38. The van der Waals surface area contributed by atoms with E-state index in [1.54, 1.807) is 24.9 Å². The van der Waals surface area contributed by atoms with E-state index in [1.165, 1.54) is 0 Å². The number of aromatic amines is 2. The molecule has 1 aromatic carbocycles. The summed E-state index contributed by atoms with van der Waals surface area (Å²) in [6, 6.07) is 9.83. The number of fused-ring (bicyclic) bond motifs is 2. The number of aryl methyl sites for hydroxylation is 1. The number of rotatable bonds is 3. The van der Waals surface area contributed by atoms with Crippen LogP contribution in [0.25, 0.3) is 50.7 Å². The molecule has 0 radical (unpaired) electrons. The summed E-state index contributed by atoms with van der Waals surface area (Å²) in [5.41, 5.74) is 7.27. The monoisotopic (exact) mass is 393 g/mol. The number of hydrogen-bond acceptors (Lipinski definition) is 6. The molecule has 0 saturated carbocycles. The molecule has 0 aliphatic carbocycles. The van der Waals surface area contributed by atoms with E-state index in [1.807, 2.05) is 48.0 Å². The minimum absolute atomic E-state index is 0.643. The molecule has 0 unspecified atom stereocenters. The van der Waals surface area contributed by atoms with Gasteiger partial charge in [0.25, 0.3) is 0 Å². The first-order chi connectivity index (χ1) is 14.8. The van der Waals surface area contributed by atoms with E-state index >= 15 is 0 Å². The Morgan fingerprint density at radius 3 is 2.70 bits per heavy atom. The Bertz CT molecular complexity index is 1510. The van der Waals surface area contributed by atoms with Gasteiger partial charge in [0.2, 0.25) is 0 Å². The number of benzene rings is 1. The molecular formula is C21H15N9. The van der Waals surface area contributed by atoms with Gasteiger partial charge in [0.15, 0.2) is 11.5 Å². The Morgan fingerprint density at radius 2 is 1.87 bits per heavy atom. The Morgan fingerprint density at radius 1 is 0.900 bits per heavy atom. The predicted molar refractivity (Wildman–Crippen MR) is 112 cm³/mol. The Balaban J connectivity index is 1.52. The second-order valence-electron chi connectivity index (χ2n) is 6.94. The van der Waals surface area contributed by atoms with E-state index in [4.69, 9.17) is 9.97 Å². The lowest BCUT2D eigenvalue weighted by Gasteiger charge is -2.01. The number of pyridine rings is 1. The van der Waals surface area contributed by atoms with Gasteiger partial charge >= 0.3 is 0 Å². The second-order valence-corrected chi connectivity index (χ2v) is 6.94. The molecule has 0 fully saturated rings. The largest absolute Gasteiger partial charge is 0.336 e. The molecule has 9 nitrogen and oxygen atoms in total. The fourth-order valence-electron chi connectivity index (χ4n) is 3.53. The summed E-state index contributed by atoms with van der Waals surface area (Å²) in [6.07, 6.45) is 8.74. The quantitative estimate of drug-likeness (QED) is 0.476. The van der Waals surface area contributed by atoms with Crippen molar-refractivity contribution in [1.29, 1.82) is 0 Å². The maximum Gasteiger partial charge on any atom is 0.161 e. The van der Waals surface area contributed by atoms with Gasteiger partial charge < -0.3 is 9.55 Å². The van der Waals surface area contributed by atoms with E-state index in [2.05, 4.69) is 30.1 Å². The maximum absolute atomic E-state index is 4.84. The molecule has 6 aromatic rings. The highest BCUT2D eigenvalue weighted by Gasteiger charge is 2.17. The van der Waals surface area contributed by atoms with E-state index in [-0.39, 0.29) is 0 Å². The van der Waals surface area contributed by atoms with Gasteiger partial charge in [-0.1, -0.05) is 6.07 Å². The summed E-state index contributed by atoms with van der Waals surface area (Å²) < 4.78 is 1.97. The van der Waals surface area contributed by atoms with Crippen LogP contribution < -0.4 is 0 Å². The molecule has 5 heterocycles. The number of nitrogens with one attached hydrogen (secondary N) is 2. The van der Waals surface area contributed by atoms with Gasteiger partial charge in [0.1, 0.15) is 16.7 Å². The second kappa shape index (κ2) is 6.31. The molecule has 5 aromatic heterocycles. The number of aromatic nitrogens is 9. The van der Waals surface area contributed by atoms with Crippen LogP contribution in [0.2, 0.25) is 0 Å². The fraction of sp³-hybridized carbons (Fsp3) is 0.0476. The molecule has 6 rings (SSSR count). The van der Waals surface area contributed by atoms with Crippen molar-refractivity contribution in [3.8, 4) is 28.6 Å². The van der Waals surface area contributed by atoms with Gasteiger partial charge in [0.05, 0.1) is 40.6 Å². The highest BCUT2D eigenvalue weighted by molar-refractivity contribution is 5.93. The zero-order valence-electron chi connectivity index (χ0n) is 15.9. The van der Waals surface area contributed by atoms with Crippen LogP contribution in [0.4, 0.5) is 0 Å². The molecule has 0 amide bonds. The van der Waals surface area contributed by atoms with Crippen molar-refractivity contribution >= 4 is 22.1 Å². The molecule has 0 atom stereocenters. The number of nitrogens with zero attached hydrogens (tertiary/aromatic N) is 7. The van der Waals surface area contributed by atoms with Crippen molar-refractivity contribution in [2.45, 2.75) is 6.92 Å². The molecule has 0 saturated heterocycles. The molecule has 0 aliphatic rings. The summed E-state index contributed by atoms with van der Waals surface area (Å²) >= 11 is 0. The van der Waals surface area contributed by atoms with Crippen molar-refractivity contribution in [3.05, 3.63) is 67.1 Å². The molecule has 9 heteroatoms. The molecule has 144 valence electrons. The van der Waals surface area contributed by atoms with Gasteiger partial charge in [-0.15, -0.1) is 0 Å². The average Bonchev–Trinajstić information content (AvgIpc) is 3.51. The molecule has 0 spiro atoms. The summed E-state index contributed by atoms with van der Waals surface area (Å²) in [5.74, 6) is 0.643. The molecule has 0 bridgehead atoms. The maximum atomic E-state index is 4.84. The van der Waals surface area contributed by atoms with Crippen molar-refractivity contribution in [1.82, 2.24) is 44.7 Å². The van der Waals surface area contributed by atoms with Gasteiger partial charge in [-0.05, 0) is 31.2 Å². The van der Waals surface area contributed by atoms with E-state index < -0.39 is 0 Å². The van der Waals surface area contributed by atoms with Crippen LogP contribution in [0.15, 0.2) is 61.4 Å². The first kappa shape index (κ1) is 16.5. The number of H-pyrrole nitrogens is 2. The van der Waals surface area contributed by atoms with Gasteiger partial charge in [-0.3, -0.25) is 15.1 Å². The lowest BCUT2D eigenvalue weighted by atomic mass is 10.2. The highest BCUT2D eigenvalue weighted by Crippen LogP contribution is 2.29. The van der Waals surface area contributed by atoms with Gasteiger partial charge in [-0.2, -0.15) is 5.10 Å². The Kier molecular flexibility index (Phi) is 3.48. The van der Waals surface area contributed by atoms with Crippen LogP contribution in [-0.4, -0.2) is 44.7 Å². The van der Waals surface area contributed by atoms with Gasteiger partial charge in [0, 0.05) is 18.6 Å². The third-order valence-electron chi connectivity index (χ3n) is 4.94. The normalized spacial score (nSPS) is 11.5. The zero-order valence-corrected chi connectivity index (χ0v) is 15.9. The summed E-state index contributed by atoms with van der Waals surface area (Å²) in [4.78, 5) is 25.8. The van der Waals surface area contributed by atoms with Crippen LogP contribution >= 0.6 is 0 Å². The van der Waals surface area contributed by atoms with Crippen LogP contribution in [0, 0.1) is 6.92 Å². The van der Waals surface area contributed by atoms with E-state index in [9.17, 15) is 0 Å². The standard InChI is InChI=1S/C21H15N9/c1-12-10-30(11-24-12)17-4-2-3-14-18(17)27-21(26-14)20-19-15(28-29-20)6-5-13(25-19)16-9-22-7-8-23-16/h2-11H,1H3,(H,26,27)(H,28,29). The number of para-hydroxylation sites is 1. The molecule has 30 heavy (non-hydrogen) atoms. The lowest BCUT2D eigenvalue weighted by molar-refractivity contribution is 1.06. The van der Waals surface area contributed by atoms with Crippen molar-refractivity contribution in [2.24, 2.45) is 0 Å². The first-order valence-corrected chi connectivity index (χ1v) is 9.38. The number of hydrogen-bond donors (Lipinski definition) is 2. The molecule has 0 aliphatic heterocycles. The Labute approximate surface area is 169 Å². The Hall–Kier alpha value is -4.40. The highest BCUT2D eigenvalue weighted by atomic mass is 15.2. The van der Waals surface area contributed by atoms with Crippen LogP contribution in [-0.2, 0) is 0 Å². The molecule has 2 N–H and O–H groups in total. The third-order valence-corrected chi connectivity index (χ3v) is 4.94. The predicted octanol–water partition coefficient (Wildman–Crippen LogP) is 3.45. The van der Waals surface area contributed by atoms with Crippen molar-refractivity contribution < 1.29 is 0 Å². The topological polar surface area (TPSA) is 114 Å². The van der Waals surface area contributed by atoms with Crippen molar-refractivity contribution in [2.75, 3.05) is 0 Å². The van der Waals surface area contributed by atoms with Gasteiger partial charge in [-0.25, -0.2) is 15.0 Å². The minimum Gasteiger partial charge on any atom is -0.336 e. The lowest BCUT2D eigenvalue weighted by Crippen LogP contribution is -1.91. The smallest absolute Gasteiger partial charge is 0.161 e. The molecular weight excluding hydrogens is 378 g/mol. The van der Waals surface area contributed by atoms with E-state index in [0.717, 1.165) is 39.1 Å². The minimum atomic E-state index is 0.643. The average molecular weight is 393 g/mol. The summed E-state index contributed by atoms with van der Waals surface area (Å²) in [7, 11) is 0. The van der Waals surface area contributed by atoms with Crippen LogP contribution in [0.1, 0.15) is 5.69 Å². The fourth-order valence-corrected chi connectivity index (χ4v) is 3.53. The number of imidazole rings is 2. The van der Waals surface area contributed by atoms with Crippen molar-refractivity contribution in [3.63, 3.8) is 0 Å². The zero-order chi connectivity index (χ0) is 20.1. The van der Waals surface area contributed by atoms with Crippen LogP contribution in [0.3, 0.4) is 0 Å². The summed E-state index contributed by atoms with van der Waals surface area (Å²) in [5, 5.41) is 7.50. The van der Waals surface area contributed by atoms with Crippen LogP contribution in [0.5, 0.6) is 0 Å². The van der Waals surface area contributed by atoms with E-state index in [0.29, 0.717) is 17.2 Å².